The Morgan fingerprint density at radius 1 is 1.29 bits per heavy atom. The monoisotopic (exact) mass is 310 g/mol. The van der Waals surface area contributed by atoms with Crippen LogP contribution in [0.2, 0.25) is 0 Å². The second kappa shape index (κ2) is 5.67. The summed E-state index contributed by atoms with van der Waals surface area (Å²) in [5, 5.41) is 4.30. The molecule has 1 heterocycles. The van der Waals surface area contributed by atoms with Crippen LogP contribution in [-0.2, 0) is 13.1 Å². The highest BCUT2D eigenvalue weighted by Crippen LogP contribution is 2.25. The maximum Gasteiger partial charge on any atom is 0.0461 e. The van der Waals surface area contributed by atoms with Crippen LogP contribution in [0.4, 0.5) is 5.69 Å². The summed E-state index contributed by atoms with van der Waals surface area (Å²) >= 11 is 5.27. The highest BCUT2D eigenvalue weighted by molar-refractivity contribution is 9.10. The third-order valence-electron chi connectivity index (χ3n) is 2.58. The van der Waals surface area contributed by atoms with Gasteiger partial charge in [-0.25, -0.2) is 0 Å². The zero-order chi connectivity index (χ0) is 12.3. The van der Waals surface area contributed by atoms with Gasteiger partial charge in [-0.3, -0.25) is 4.90 Å². The van der Waals surface area contributed by atoms with Crippen molar-refractivity contribution in [2.75, 3.05) is 12.8 Å². The van der Waals surface area contributed by atoms with Gasteiger partial charge in [0.05, 0.1) is 0 Å². The second-order valence-corrected chi connectivity index (χ2v) is 5.70. The molecule has 0 saturated heterocycles. The zero-order valence-electron chi connectivity index (χ0n) is 9.69. The second-order valence-electron chi connectivity index (χ2n) is 4.12. The average molecular weight is 311 g/mol. The Morgan fingerprint density at radius 2 is 2.12 bits per heavy atom. The first-order chi connectivity index (χ1) is 8.16. The molecule has 2 nitrogen and oxygen atoms in total. The maximum absolute atomic E-state index is 5.87. The van der Waals surface area contributed by atoms with Crippen molar-refractivity contribution < 1.29 is 0 Å². The van der Waals surface area contributed by atoms with E-state index in [0.717, 1.165) is 23.2 Å². The van der Waals surface area contributed by atoms with Crippen molar-refractivity contribution in [2.24, 2.45) is 0 Å². The first-order valence-electron chi connectivity index (χ1n) is 5.39. The first-order valence-corrected chi connectivity index (χ1v) is 7.13. The van der Waals surface area contributed by atoms with E-state index in [9.17, 15) is 0 Å². The van der Waals surface area contributed by atoms with E-state index >= 15 is 0 Å². The standard InChI is InChI=1S/C13H15BrN2S/c1-16(7-10-5-6-17-9-10)8-11-3-2-4-12(15)13(11)14/h2-6,9H,7-8,15H2,1H3. The van der Waals surface area contributed by atoms with Crippen LogP contribution in [-0.4, -0.2) is 11.9 Å². The number of hydrogen-bond acceptors (Lipinski definition) is 3. The molecule has 0 fully saturated rings. The molecule has 1 aromatic carbocycles. The van der Waals surface area contributed by atoms with Gasteiger partial charge in [0.15, 0.2) is 0 Å². The lowest BCUT2D eigenvalue weighted by Crippen LogP contribution is -2.17. The summed E-state index contributed by atoms with van der Waals surface area (Å²) in [4.78, 5) is 2.28. The lowest BCUT2D eigenvalue weighted by molar-refractivity contribution is 0.319. The minimum atomic E-state index is 0.798. The SMILES string of the molecule is CN(Cc1ccsc1)Cc1cccc(N)c1Br. The highest BCUT2D eigenvalue weighted by atomic mass is 79.9. The van der Waals surface area contributed by atoms with Gasteiger partial charge < -0.3 is 5.73 Å². The largest absolute Gasteiger partial charge is 0.398 e. The lowest BCUT2D eigenvalue weighted by Gasteiger charge is -2.17. The fourth-order valence-electron chi connectivity index (χ4n) is 1.76. The molecule has 1 aromatic heterocycles. The van der Waals surface area contributed by atoms with Gasteiger partial charge in [0.1, 0.15) is 0 Å². The van der Waals surface area contributed by atoms with Gasteiger partial charge >= 0.3 is 0 Å². The van der Waals surface area contributed by atoms with Crippen LogP contribution in [0.3, 0.4) is 0 Å². The summed E-state index contributed by atoms with van der Waals surface area (Å²) in [5.41, 5.74) is 9.25. The first kappa shape index (κ1) is 12.6. The fourth-order valence-corrected chi connectivity index (χ4v) is 2.81. The number of nitrogen functional groups attached to an aromatic ring is 1. The summed E-state index contributed by atoms with van der Waals surface area (Å²) in [6, 6.07) is 8.17. The quantitative estimate of drug-likeness (QED) is 0.872. The minimum Gasteiger partial charge on any atom is -0.398 e. The summed E-state index contributed by atoms with van der Waals surface area (Å²) < 4.78 is 1.01. The number of halogens is 1. The normalized spacial score (nSPS) is 11.0. The fraction of sp³-hybridized carbons (Fsp3) is 0.231. The third-order valence-corrected chi connectivity index (χ3v) is 4.28. The maximum atomic E-state index is 5.87. The van der Waals surface area contributed by atoms with E-state index in [0.29, 0.717) is 0 Å². The number of hydrogen-bond donors (Lipinski definition) is 1. The van der Waals surface area contributed by atoms with Gasteiger partial charge in [-0.05, 0) is 57.0 Å². The molecule has 90 valence electrons. The predicted molar refractivity (Wildman–Crippen MR) is 78.0 cm³/mol. The van der Waals surface area contributed by atoms with Gasteiger partial charge in [-0.2, -0.15) is 11.3 Å². The van der Waals surface area contributed by atoms with Crippen molar-refractivity contribution in [3.8, 4) is 0 Å². The zero-order valence-corrected chi connectivity index (χ0v) is 12.1. The summed E-state index contributed by atoms with van der Waals surface area (Å²) in [6.45, 7) is 1.85. The van der Waals surface area contributed by atoms with Crippen LogP contribution in [0.25, 0.3) is 0 Å². The molecular formula is C13H15BrN2S. The van der Waals surface area contributed by atoms with Crippen molar-refractivity contribution in [1.82, 2.24) is 4.90 Å². The van der Waals surface area contributed by atoms with E-state index in [1.165, 1.54) is 11.1 Å². The van der Waals surface area contributed by atoms with Gasteiger partial charge in [0, 0.05) is 23.2 Å². The van der Waals surface area contributed by atoms with Gasteiger partial charge in [-0.15, -0.1) is 0 Å². The molecule has 0 atom stereocenters. The van der Waals surface area contributed by atoms with Gasteiger partial charge in [0.25, 0.3) is 0 Å². The van der Waals surface area contributed by atoms with Crippen molar-refractivity contribution in [3.63, 3.8) is 0 Å². The van der Waals surface area contributed by atoms with Crippen LogP contribution in [0.1, 0.15) is 11.1 Å². The molecule has 2 N–H and O–H groups in total. The Kier molecular flexibility index (Phi) is 4.20. The molecule has 0 spiro atoms. The Morgan fingerprint density at radius 3 is 2.82 bits per heavy atom. The summed E-state index contributed by atoms with van der Waals surface area (Å²) in [5.74, 6) is 0. The number of nitrogens with zero attached hydrogens (tertiary/aromatic N) is 1. The molecule has 4 heteroatoms. The molecule has 0 amide bonds. The Bertz CT molecular complexity index is 482. The van der Waals surface area contributed by atoms with Crippen LogP contribution in [0.15, 0.2) is 39.5 Å². The number of anilines is 1. The molecule has 2 aromatic rings. The summed E-state index contributed by atoms with van der Waals surface area (Å²) in [7, 11) is 2.12. The summed E-state index contributed by atoms with van der Waals surface area (Å²) in [6.07, 6.45) is 0. The van der Waals surface area contributed by atoms with Crippen LogP contribution < -0.4 is 5.73 Å². The van der Waals surface area contributed by atoms with Crippen LogP contribution in [0.5, 0.6) is 0 Å². The molecule has 17 heavy (non-hydrogen) atoms. The van der Waals surface area contributed by atoms with Gasteiger partial charge in [0.2, 0.25) is 0 Å². The van der Waals surface area contributed by atoms with E-state index in [-0.39, 0.29) is 0 Å². The van der Waals surface area contributed by atoms with E-state index < -0.39 is 0 Å². The van der Waals surface area contributed by atoms with Crippen molar-refractivity contribution in [1.29, 1.82) is 0 Å². The van der Waals surface area contributed by atoms with E-state index in [2.05, 4.69) is 50.8 Å². The number of thiophene rings is 1. The smallest absolute Gasteiger partial charge is 0.0461 e. The van der Waals surface area contributed by atoms with Gasteiger partial charge in [-0.1, -0.05) is 12.1 Å². The average Bonchev–Trinajstić information content (AvgIpc) is 2.77. The predicted octanol–water partition coefficient (Wildman–Crippen LogP) is 3.72. The van der Waals surface area contributed by atoms with E-state index in [1.807, 2.05) is 12.1 Å². The topological polar surface area (TPSA) is 29.3 Å². The lowest BCUT2D eigenvalue weighted by atomic mass is 10.2. The number of benzene rings is 1. The Labute approximate surface area is 114 Å². The van der Waals surface area contributed by atoms with Crippen LogP contribution >= 0.6 is 27.3 Å². The number of rotatable bonds is 4. The van der Waals surface area contributed by atoms with Crippen LogP contribution in [0, 0.1) is 0 Å². The molecule has 0 radical (unpaired) electrons. The van der Waals surface area contributed by atoms with Crippen molar-refractivity contribution in [3.05, 3.63) is 50.6 Å². The molecular weight excluding hydrogens is 296 g/mol. The third kappa shape index (κ3) is 3.31. The van der Waals surface area contributed by atoms with E-state index in [4.69, 9.17) is 5.73 Å². The Balaban J connectivity index is 2.03. The Hall–Kier alpha value is -0.840. The molecule has 0 aliphatic rings. The molecule has 0 unspecified atom stereocenters. The van der Waals surface area contributed by atoms with Crippen molar-refractivity contribution >= 4 is 33.0 Å². The molecule has 0 aliphatic carbocycles. The molecule has 2 rings (SSSR count). The molecule has 0 bridgehead atoms. The highest BCUT2D eigenvalue weighted by Gasteiger charge is 2.06. The van der Waals surface area contributed by atoms with Crippen molar-refractivity contribution in [2.45, 2.75) is 13.1 Å². The molecule has 0 saturated carbocycles. The van der Waals surface area contributed by atoms with E-state index in [1.54, 1.807) is 11.3 Å². The molecule has 0 aliphatic heterocycles. The number of nitrogens with two attached hydrogens (primary N) is 1. The minimum absolute atomic E-state index is 0.798.